The van der Waals surface area contributed by atoms with Gasteiger partial charge in [0.25, 0.3) is 0 Å². The van der Waals surface area contributed by atoms with Crippen molar-refractivity contribution < 1.29 is 27.4 Å². The fourth-order valence-electron chi connectivity index (χ4n) is 2.89. The molecule has 4 rings (SSSR count). The number of sulfonamides is 1. The third kappa shape index (κ3) is 5.27. The third-order valence-corrected chi connectivity index (χ3v) is 7.24. The highest BCUT2D eigenvalue weighted by Gasteiger charge is 2.26. The van der Waals surface area contributed by atoms with E-state index in [1.165, 1.54) is 27.8 Å². The molecule has 10 nitrogen and oxygen atoms in total. The quantitative estimate of drug-likeness (QED) is 0.354. The molecule has 2 aromatic heterocycles. The maximum absolute atomic E-state index is 12.6. The molecule has 0 spiro atoms. The number of benzene rings is 1. The highest BCUT2D eigenvalue weighted by molar-refractivity contribution is 7.89. The van der Waals surface area contributed by atoms with Crippen LogP contribution < -0.4 is 4.74 Å². The van der Waals surface area contributed by atoms with Gasteiger partial charge in [0, 0.05) is 30.9 Å². The molecule has 3 aromatic rings. The summed E-state index contributed by atoms with van der Waals surface area (Å²) in [6.07, 6.45) is 3.20. The van der Waals surface area contributed by atoms with Gasteiger partial charge in [-0.1, -0.05) is 0 Å². The van der Waals surface area contributed by atoms with Crippen LogP contribution in [0.1, 0.15) is 10.5 Å². The van der Waals surface area contributed by atoms with Gasteiger partial charge in [0.2, 0.25) is 10.0 Å². The van der Waals surface area contributed by atoms with Crippen LogP contribution in [-0.2, 0) is 19.5 Å². The van der Waals surface area contributed by atoms with Gasteiger partial charge < -0.3 is 14.2 Å². The van der Waals surface area contributed by atoms with E-state index in [0.29, 0.717) is 42.9 Å². The van der Waals surface area contributed by atoms with Gasteiger partial charge in [-0.3, -0.25) is 0 Å². The van der Waals surface area contributed by atoms with E-state index >= 15 is 0 Å². The minimum absolute atomic E-state index is 0.0152. The van der Waals surface area contributed by atoms with Crippen molar-refractivity contribution in [3.05, 3.63) is 53.8 Å². The Morgan fingerprint density at radius 2 is 1.81 bits per heavy atom. The monoisotopic (exact) mass is 476 g/mol. The summed E-state index contributed by atoms with van der Waals surface area (Å²) in [7, 11) is -3.55. The van der Waals surface area contributed by atoms with Gasteiger partial charge in [0.15, 0.2) is 16.5 Å². The van der Waals surface area contributed by atoms with E-state index in [0.717, 1.165) is 0 Å². The lowest BCUT2D eigenvalue weighted by atomic mass is 10.3. The summed E-state index contributed by atoms with van der Waals surface area (Å²) in [5.41, 5.74) is 0.176. The van der Waals surface area contributed by atoms with Crippen molar-refractivity contribution in [2.45, 2.75) is 4.90 Å². The van der Waals surface area contributed by atoms with Crippen LogP contribution in [0, 0.1) is 0 Å². The van der Waals surface area contributed by atoms with Crippen molar-refractivity contribution in [2.75, 3.05) is 39.5 Å². The van der Waals surface area contributed by atoms with E-state index in [9.17, 15) is 13.2 Å². The number of ether oxygens (including phenoxy) is 3. The molecule has 12 heteroatoms. The zero-order valence-electron chi connectivity index (χ0n) is 16.9. The Morgan fingerprint density at radius 3 is 2.53 bits per heavy atom. The maximum Gasteiger partial charge on any atom is 0.357 e. The lowest BCUT2D eigenvalue weighted by molar-refractivity contribution is 0.0444. The second-order valence-electron chi connectivity index (χ2n) is 6.58. The predicted octanol–water partition coefficient (Wildman–Crippen LogP) is 1.86. The van der Waals surface area contributed by atoms with Gasteiger partial charge in [-0.05, 0) is 30.3 Å². The van der Waals surface area contributed by atoms with Gasteiger partial charge in [-0.15, -0.1) is 11.3 Å². The number of aromatic nitrogens is 3. The number of morpholine rings is 1. The number of carbonyl (C=O) groups excluding carboxylic acids is 1. The second-order valence-corrected chi connectivity index (χ2v) is 9.38. The average Bonchev–Trinajstić information content (AvgIpc) is 3.34. The summed E-state index contributed by atoms with van der Waals surface area (Å²) in [5.74, 6) is 0.345. The highest BCUT2D eigenvalue weighted by Crippen LogP contribution is 2.21. The number of esters is 1. The van der Waals surface area contributed by atoms with E-state index in [4.69, 9.17) is 14.2 Å². The summed E-state index contributed by atoms with van der Waals surface area (Å²) in [5, 5.41) is 2.11. The second kappa shape index (κ2) is 10.1. The Labute approximate surface area is 188 Å². The summed E-state index contributed by atoms with van der Waals surface area (Å²) < 4.78 is 42.6. The Bertz CT molecular complexity index is 1150. The molecule has 1 aliphatic rings. The first-order valence-electron chi connectivity index (χ1n) is 9.75. The molecule has 0 N–H and O–H groups in total. The molecule has 3 heterocycles. The minimum atomic E-state index is -3.55. The first-order chi connectivity index (χ1) is 15.5. The largest absolute Gasteiger partial charge is 0.490 e. The number of nitrogens with zero attached hydrogens (tertiary/aromatic N) is 4. The van der Waals surface area contributed by atoms with Gasteiger partial charge in [-0.25, -0.2) is 28.2 Å². The van der Waals surface area contributed by atoms with E-state index < -0.39 is 16.0 Å². The number of carbonyl (C=O) groups is 1. The topological polar surface area (TPSA) is 121 Å². The molecule has 0 unspecified atom stereocenters. The average molecular weight is 477 g/mol. The summed E-state index contributed by atoms with van der Waals surface area (Å²) in [6, 6.07) is 7.83. The SMILES string of the molecule is O=C(OCCOc1ccc(S(=O)(=O)N2CCOCC2)cc1)c1csc(-c2ncccn2)n1. The van der Waals surface area contributed by atoms with Crippen LogP contribution in [-0.4, -0.2) is 73.2 Å². The molecule has 1 aliphatic heterocycles. The molecule has 1 aromatic carbocycles. The molecule has 168 valence electrons. The number of hydrogen-bond acceptors (Lipinski definition) is 10. The lowest BCUT2D eigenvalue weighted by Gasteiger charge is -2.26. The van der Waals surface area contributed by atoms with Crippen LogP contribution in [0.2, 0.25) is 0 Å². The normalized spacial score (nSPS) is 14.8. The molecular formula is C20H20N4O6S2. The molecule has 0 amide bonds. The van der Waals surface area contributed by atoms with Gasteiger partial charge in [0.05, 0.1) is 18.1 Å². The Kier molecular flexibility index (Phi) is 7.05. The maximum atomic E-state index is 12.6. The van der Waals surface area contributed by atoms with E-state index in [1.807, 2.05) is 0 Å². The smallest absolute Gasteiger partial charge is 0.357 e. The first-order valence-corrected chi connectivity index (χ1v) is 12.1. The van der Waals surface area contributed by atoms with Gasteiger partial charge in [0.1, 0.15) is 19.0 Å². The van der Waals surface area contributed by atoms with Crippen molar-refractivity contribution in [1.82, 2.24) is 19.3 Å². The number of rotatable bonds is 8. The van der Waals surface area contributed by atoms with Gasteiger partial charge in [-0.2, -0.15) is 4.31 Å². The summed E-state index contributed by atoms with van der Waals surface area (Å²) in [6.45, 7) is 1.58. The number of hydrogen-bond donors (Lipinski definition) is 0. The van der Waals surface area contributed by atoms with Crippen LogP contribution in [0.5, 0.6) is 5.75 Å². The molecular weight excluding hydrogens is 456 g/mol. The Hall–Kier alpha value is -2.93. The van der Waals surface area contributed by atoms with Crippen LogP contribution >= 0.6 is 11.3 Å². The highest BCUT2D eigenvalue weighted by atomic mass is 32.2. The van der Waals surface area contributed by atoms with E-state index in [1.54, 1.807) is 36.0 Å². The molecule has 0 saturated carbocycles. The molecule has 1 fully saturated rings. The fourth-order valence-corrected chi connectivity index (χ4v) is 5.03. The molecule has 32 heavy (non-hydrogen) atoms. The van der Waals surface area contributed by atoms with Crippen LogP contribution in [0.15, 0.2) is 53.0 Å². The van der Waals surface area contributed by atoms with Crippen molar-refractivity contribution in [3.8, 4) is 16.6 Å². The Morgan fingerprint density at radius 1 is 1.09 bits per heavy atom. The summed E-state index contributed by atoms with van der Waals surface area (Å²) in [4.78, 5) is 24.7. The number of thiazole rings is 1. The molecule has 1 saturated heterocycles. The van der Waals surface area contributed by atoms with Crippen molar-refractivity contribution in [1.29, 1.82) is 0 Å². The zero-order valence-corrected chi connectivity index (χ0v) is 18.5. The minimum Gasteiger partial charge on any atom is -0.490 e. The predicted molar refractivity (Wildman–Crippen MR) is 115 cm³/mol. The molecule has 0 atom stereocenters. The van der Waals surface area contributed by atoms with Crippen molar-refractivity contribution in [3.63, 3.8) is 0 Å². The van der Waals surface area contributed by atoms with Gasteiger partial charge >= 0.3 is 5.97 Å². The van der Waals surface area contributed by atoms with Crippen LogP contribution in [0.3, 0.4) is 0 Å². The van der Waals surface area contributed by atoms with Crippen molar-refractivity contribution in [2.24, 2.45) is 0 Å². The molecule has 0 radical (unpaired) electrons. The first kappa shape index (κ1) is 22.3. The van der Waals surface area contributed by atoms with Crippen LogP contribution in [0.25, 0.3) is 10.8 Å². The fraction of sp³-hybridized carbons (Fsp3) is 0.300. The zero-order chi connectivity index (χ0) is 22.4. The van der Waals surface area contributed by atoms with Crippen molar-refractivity contribution >= 4 is 27.3 Å². The third-order valence-electron chi connectivity index (χ3n) is 4.49. The Balaban J connectivity index is 1.25. The molecule has 0 bridgehead atoms. The molecule has 0 aliphatic carbocycles. The summed E-state index contributed by atoms with van der Waals surface area (Å²) >= 11 is 1.25. The standard InChI is InChI=1S/C20H20N4O6S2/c25-20(17-14-31-19(23-17)18-21-6-1-7-22-18)30-13-12-29-15-2-4-16(5-3-15)32(26,27)24-8-10-28-11-9-24/h1-7,14H,8-13H2. The lowest BCUT2D eigenvalue weighted by Crippen LogP contribution is -2.40. The van der Waals surface area contributed by atoms with Crippen LogP contribution in [0.4, 0.5) is 0 Å². The van der Waals surface area contributed by atoms with E-state index in [-0.39, 0.29) is 23.8 Å². The van der Waals surface area contributed by atoms with E-state index in [2.05, 4.69) is 15.0 Å².